The van der Waals surface area contributed by atoms with E-state index >= 15 is 0 Å². The van der Waals surface area contributed by atoms with E-state index in [1.807, 2.05) is 0 Å². The minimum Gasteiger partial charge on any atom is -0.496 e. The quantitative estimate of drug-likeness (QED) is 0.267. The number of benzene rings is 3. The Bertz CT molecular complexity index is 952. The van der Waals surface area contributed by atoms with Crippen LogP contribution in [0.15, 0.2) is 24.3 Å². The highest BCUT2D eigenvalue weighted by Gasteiger charge is 2.23. The predicted molar refractivity (Wildman–Crippen MR) is 125 cm³/mol. The van der Waals surface area contributed by atoms with E-state index in [-0.39, 0.29) is 0 Å². The minimum atomic E-state index is 0.644. The molecule has 0 saturated carbocycles. The molecule has 162 valence electrons. The van der Waals surface area contributed by atoms with Crippen molar-refractivity contribution < 1.29 is 18.9 Å². The average molecular weight is 411 g/mol. The fraction of sp³-hybridized carbons (Fsp3) is 0.462. The number of unbranched alkanes of at least 4 members (excludes halogenated alkanes) is 2. The Kier molecular flexibility index (Phi) is 7.30. The summed E-state index contributed by atoms with van der Waals surface area (Å²) in [6, 6.07) is 8.44. The Balaban J connectivity index is 2.45. The number of hydrogen-bond donors (Lipinski definition) is 0. The largest absolute Gasteiger partial charge is 0.496 e. The van der Waals surface area contributed by atoms with Crippen LogP contribution in [0.2, 0.25) is 0 Å². The van der Waals surface area contributed by atoms with Gasteiger partial charge >= 0.3 is 0 Å². The lowest BCUT2D eigenvalue weighted by Crippen LogP contribution is -2.04. The van der Waals surface area contributed by atoms with Crippen molar-refractivity contribution in [2.45, 2.75) is 53.4 Å². The molecule has 0 saturated heterocycles. The molecule has 3 aromatic rings. The van der Waals surface area contributed by atoms with Crippen LogP contribution in [0.1, 0.15) is 50.7 Å². The zero-order chi connectivity index (χ0) is 21.7. The van der Waals surface area contributed by atoms with Crippen molar-refractivity contribution in [1.82, 2.24) is 0 Å². The molecular formula is C26H34O4. The smallest absolute Gasteiger partial charge is 0.142 e. The number of hydrogen-bond acceptors (Lipinski definition) is 4. The molecule has 0 unspecified atom stereocenters. The first-order valence-electron chi connectivity index (χ1n) is 10.9. The molecular weight excluding hydrogens is 376 g/mol. The van der Waals surface area contributed by atoms with Crippen molar-refractivity contribution in [2.24, 2.45) is 0 Å². The van der Waals surface area contributed by atoms with Crippen LogP contribution in [0.5, 0.6) is 23.0 Å². The van der Waals surface area contributed by atoms with E-state index in [0.29, 0.717) is 13.2 Å². The summed E-state index contributed by atoms with van der Waals surface area (Å²) in [5, 5.41) is 3.94. The Morgan fingerprint density at radius 2 is 1.07 bits per heavy atom. The van der Waals surface area contributed by atoms with Gasteiger partial charge in [0.15, 0.2) is 0 Å². The fourth-order valence-corrected chi connectivity index (χ4v) is 3.86. The summed E-state index contributed by atoms with van der Waals surface area (Å²) in [4.78, 5) is 0. The molecule has 0 aliphatic heterocycles. The molecule has 0 heterocycles. The number of rotatable bonds is 10. The number of fused-ring (bicyclic) bond motifs is 2. The summed E-state index contributed by atoms with van der Waals surface area (Å²) in [6.07, 6.45) is 4.14. The highest BCUT2D eigenvalue weighted by atomic mass is 16.5. The molecule has 4 heteroatoms. The topological polar surface area (TPSA) is 36.9 Å². The van der Waals surface area contributed by atoms with Crippen LogP contribution in [0, 0.1) is 13.8 Å². The molecule has 3 aromatic carbocycles. The van der Waals surface area contributed by atoms with Gasteiger partial charge in [0.1, 0.15) is 23.0 Å². The lowest BCUT2D eigenvalue weighted by molar-refractivity contribution is 0.309. The van der Waals surface area contributed by atoms with Crippen molar-refractivity contribution in [3.8, 4) is 23.0 Å². The summed E-state index contributed by atoms with van der Waals surface area (Å²) in [6.45, 7) is 9.81. The highest BCUT2D eigenvalue weighted by Crippen LogP contribution is 2.50. The van der Waals surface area contributed by atoms with E-state index in [2.05, 4.69) is 52.0 Å². The second-order valence-electron chi connectivity index (χ2n) is 7.84. The van der Waals surface area contributed by atoms with Crippen molar-refractivity contribution >= 4 is 21.5 Å². The van der Waals surface area contributed by atoms with Crippen molar-refractivity contribution in [3.05, 3.63) is 35.4 Å². The summed E-state index contributed by atoms with van der Waals surface area (Å²) in [5.41, 5.74) is 2.25. The van der Waals surface area contributed by atoms with Gasteiger partial charge in [-0.05, 0) is 62.1 Å². The third-order valence-corrected chi connectivity index (χ3v) is 5.36. The van der Waals surface area contributed by atoms with Gasteiger partial charge in [0.25, 0.3) is 0 Å². The van der Waals surface area contributed by atoms with Gasteiger partial charge in [-0.15, -0.1) is 0 Å². The molecule has 0 aliphatic rings. The molecule has 0 spiro atoms. The normalized spacial score (nSPS) is 11.1. The number of aryl methyl sites for hydroxylation is 2. The molecule has 0 bridgehead atoms. The molecule has 0 aromatic heterocycles. The van der Waals surface area contributed by atoms with Crippen LogP contribution < -0.4 is 18.9 Å². The van der Waals surface area contributed by atoms with Crippen LogP contribution in [-0.2, 0) is 0 Å². The minimum absolute atomic E-state index is 0.644. The van der Waals surface area contributed by atoms with Gasteiger partial charge in [0, 0.05) is 10.8 Å². The number of methoxy groups -OCH3 is 2. The Labute approximate surface area is 180 Å². The molecule has 0 aliphatic carbocycles. The van der Waals surface area contributed by atoms with Crippen LogP contribution >= 0.6 is 0 Å². The van der Waals surface area contributed by atoms with Gasteiger partial charge in [-0.1, -0.05) is 26.7 Å². The molecule has 0 atom stereocenters. The van der Waals surface area contributed by atoms with E-state index < -0.39 is 0 Å². The predicted octanol–water partition coefficient (Wildman–Crippen LogP) is 6.98. The monoisotopic (exact) mass is 410 g/mol. The van der Waals surface area contributed by atoms with E-state index in [4.69, 9.17) is 18.9 Å². The standard InChI is InChI=1S/C26H34O4/c1-7-9-11-29-25-19-13-17(3)15-21(27-5)23(19)26(30-12-10-8-2)24-20(25)14-18(4)16-22(24)28-6/h13-16H,7-12H2,1-6H3. The van der Waals surface area contributed by atoms with E-state index in [9.17, 15) is 0 Å². The van der Waals surface area contributed by atoms with Gasteiger partial charge in [-0.3, -0.25) is 0 Å². The Morgan fingerprint density at radius 3 is 1.47 bits per heavy atom. The van der Waals surface area contributed by atoms with E-state index in [0.717, 1.165) is 81.4 Å². The SMILES string of the molecule is CCCCOc1c2cc(C)cc(OC)c2c(OCCCC)c2c(OC)cc(C)cc12. The number of ether oxygens (including phenoxy) is 4. The maximum atomic E-state index is 6.40. The van der Waals surface area contributed by atoms with Crippen LogP contribution in [0.4, 0.5) is 0 Å². The molecule has 4 nitrogen and oxygen atoms in total. The van der Waals surface area contributed by atoms with Gasteiger partial charge < -0.3 is 18.9 Å². The lowest BCUT2D eigenvalue weighted by Gasteiger charge is -2.21. The van der Waals surface area contributed by atoms with Crippen LogP contribution in [0.3, 0.4) is 0 Å². The Hall–Kier alpha value is -2.62. The van der Waals surface area contributed by atoms with Crippen molar-refractivity contribution in [2.75, 3.05) is 27.4 Å². The molecule has 0 fully saturated rings. The average Bonchev–Trinajstić information content (AvgIpc) is 2.73. The third kappa shape index (κ3) is 4.28. The van der Waals surface area contributed by atoms with Gasteiger partial charge in [0.05, 0.1) is 38.2 Å². The Morgan fingerprint density at radius 1 is 0.633 bits per heavy atom. The third-order valence-electron chi connectivity index (χ3n) is 5.36. The van der Waals surface area contributed by atoms with E-state index in [1.54, 1.807) is 14.2 Å². The van der Waals surface area contributed by atoms with Gasteiger partial charge in [0.2, 0.25) is 0 Å². The first-order valence-corrected chi connectivity index (χ1v) is 10.9. The maximum absolute atomic E-state index is 6.40. The summed E-state index contributed by atoms with van der Waals surface area (Å²) in [7, 11) is 3.41. The molecule has 0 amide bonds. The maximum Gasteiger partial charge on any atom is 0.142 e. The fourth-order valence-electron chi connectivity index (χ4n) is 3.86. The van der Waals surface area contributed by atoms with E-state index in [1.165, 1.54) is 0 Å². The first-order chi connectivity index (χ1) is 14.5. The summed E-state index contributed by atoms with van der Waals surface area (Å²) in [5.74, 6) is 3.27. The molecule has 3 rings (SSSR count). The second-order valence-corrected chi connectivity index (χ2v) is 7.84. The molecule has 0 N–H and O–H groups in total. The van der Waals surface area contributed by atoms with Gasteiger partial charge in [-0.25, -0.2) is 0 Å². The van der Waals surface area contributed by atoms with Crippen molar-refractivity contribution in [3.63, 3.8) is 0 Å². The highest BCUT2D eigenvalue weighted by molar-refractivity contribution is 6.15. The summed E-state index contributed by atoms with van der Waals surface area (Å²) >= 11 is 0. The lowest BCUT2D eigenvalue weighted by atomic mass is 9.96. The van der Waals surface area contributed by atoms with Crippen LogP contribution in [-0.4, -0.2) is 27.4 Å². The zero-order valence-electron chi connectivity index (χ0n) is 19.2. The van der Waals surface area contributed by atoms with Crippen molar-refractivity contribution in [1.29, 1.82) is 0 Å². The zero-order valence-corrected chi connectivity index (χ0v) is 19.2. The van der Waals surface area contributed by atoms with Crippen LogP contribution in [0.25, 0.3) is 21.5 Å². The van der Waals surface area contributed by atoms with Gasteiger partial charge in [-0.2, -0.15) is 0 Å². The molecule has 30 heavy (non-hydrogen) atoms. The molecule has 0 radical (unpaired) electrons. The first kappa shape index (κ1) is 22.1. The second kappa shape index (κ2) is 9.92. The summed E-state index contributed by atoms with van der Waals surface area (Å²) < 4.78 is 24.4.